The zero-order valence-corrected chi connectivity index (χ0v) is 11.0. The molecule has 1 rings (SSSR count). The van der Waals surface area contributed by atoms with Gasteiger partial charge in [-0.25, -0.2) is 8.42 Å². The molecule has 0 saturated heterocycles. The second-order valence-corrected chi connectivity index (χ2v) is 6.22. The summed E-state index contributed by atoms with van der Waals surface area (Å²) in [5, 5.41) is 1.28. The number of rotatable bonds is 2. The Balaban J connectivity index is 3.07. The molecule has 0 bridgehead atoms. The predicted octanol–water partition coefficient (Wildman–Crippen LogP) is 2.77. The molecule has 0 aliphatic carbocycles. The number of sulfone groups is 1. The lowest BCUT2D eigenvalue weighted by molar-refractivity contribution is 0.610. The van der Waals surface area contributed by atoms with Crippen LogP contribution in [-0.4, -0.2) is 14.7 Å². The molecule has 0 radical (unpaired) electrons. The number of hydrogen-bond donors (Lipinski definition) is 0. The van der Waals surface area contributed by atoms with Crippen molar-refractivity contribution in [2.24, 2.45) is 0 Å². The van der Waals surface area contributed by atoms with Gasteiger partial charge in [-0.15, -0.1) is 0 Å². The lowest BCUT2D eigenvalue weighted by atomic mass is 10.1. The quantitative estimate of drug-likeness (QED) is 0.785. The zero-order valence-electron chi connectivity index (χ0n) is 7.99. The monoisotopic (exact) mass is 322 g/mol. The van der Waals surface area contributed by atoms with Crippen LogP contribution in [0, 0.1) is 6.92 Å². The minimum absolute atomic E-state index is 0.741. The van der Waals surface area contributed by atoms with Crippen LogP contribution in [0.25, 0.3) is 3.58 Å². The van der Waals surface area contributed by atoms with Gasteiger partial charge in [0.25, 0.3) is 0 Å². The molecule has 0 saturated carbocycles. The summed E-state index contributed by atoms with van der Waals surface area (Å²) < 4.78 is 22.7. The summed E-state index contributed by atoms with van der Waals surface area (Å²) in [5.41, 5.74) is 2.10. The largest absolute Gasteiger partial charge is 0.225 e. The smallest absolute Gasteiger partial charge is 0.169 e. The summed E-state index contributed by atoms with van der Waals surface area (Å²) in [6, 6.07) is 7.76. The van der Waals surface area contributed by atoms with Crippen LogP contribution in [0.5, 0.6) is 0 Å². The number of hydrogen-bond acceptors (Lipinski definition) is 2. The Bertz CT molecular complexity index is 444. The Morgan fingerprint density at radius 3 is 2.21 bits per heavy atom. The highest BCUT2D eigenvalue weighted by Crippen LogP contribution is 2.22. The van der Waals surface area contributed by atoms with Crippen LogP contribution < -0.4 is 0 Å². The molecule has 0 spiro atoms. The van der Waals surface area contributed by atoms with Gasteiger partial charge in [-0.1, -0.05) is 29.8 Å². The molecular formula is C10H11IO2S. The standard InChI is InChI=1S/C10H11IO2S/c1-8-3-5-9(6-4-8)10(11)7-14(2,12)13/h3-7H,1-2H3/b10-7+. The first kappa shape index (κ1) is 11.7. The normalized spacial score (nSPS) is 12.9. The summed E-state index contributed by atoms with van der Waals surface area (Å²) in [6.45, 7) is 2.00. The molecule has 1 aromatic rings. The molecule has 0 amide bonds. The van der Waals surface area contributed by atoms with E-state index in [1.165, 1.54) is 11.7 Å². The fourth-order valence-electron chi connectivity index (χ4n) is 0.969. The van der Waals surface area contributed by atoms with Crippen LogP contribution >= 0.6 is 22.6 Å². The Morgan fingerprint density at radius 1 is 1.29 bits per heavy atom. The molecule has 0 N–H and O–H groups in total. The van der Waals surface area contributed by atoms with E-state index in [0.717, 1.165) is 14.7 Å². The maximum Gasteiger partial charge on any atom is 0.169 e. The van der Waals surface area contributed by atoms with Crippen molar-refractivity contribution in [3.05, 3.63) is 40.8 Å². The molecule has 0 unspecified atom stereocenters. The van der Waals surface area contributed by atoms with Crippen molar-refractivity contribution in [1.82, 2.24) is 0 Å². The van der Waals surface area contributed by atoms with Gasteiger partial charge >= 0.3 is 0 Å². The first-order valence-electron chi connectivity index (χ1n) is 4.03. The Morgan fingerprint density at radius 2 is 1.79 bits per heavy atom. The Labute approximate surface area is 98.1 Å². The lowest BCUT2D eigenvalue weighted by Gasteiger charge is -1.99. The summed E-state index contributed by atoms with van der Waals surface area (Å²) in [6.07, 6.45) is 1.19. The third kappa shape index (κ3) is 3.79. The van der Waals surface area contributed by atoms with Crippen molar-refractivity contribution in [2.45, 2.75) is 6.92 Å². The molecule has 0 aromatic heterocycles. The topological polar surface area (TPSA) is 34.1 Å². The van der Waals surface area contributed by atoms with Gasteiger partial charge in [-0.2, -0.15) is 0 Å². The van der Waals surface area contributed by atoms with Gasteiger partial charge in [0.2, 0.25) is 0 Å². The zero-order chi connectivity index (χ0) is 10.8. The van der Waals surface area contributed by atoms with Gasteiger partial charge in [0.05, 0.1) is 0 Å². The number of aryl methyl sites for hydroxylation is 1. The van der Waals surface area contributed by atoms with Gasteiger partial charge in [-0.05, 0) is 35.1 Å². The van der Waals surface area contributed by atoms with Gasteiger partial charge in [0, 0.05) is 15.2 Å². The van der Waals surface area contributed by atoms with Gasteiger partial charge in [0.1, 0.15) is 0 Å². The average Bonchev–Trinajstić information content (AvgIpc) is 2.02. The molecule has 4 heteroatoms. The van der Waals surface area contributed by atoms with E-state index in [1.54, 1.807) is 0 Å². The molecule has 0 aliphatic rings. The summed E-state index contributed by atoms with van der Waals surface area (Å²) in [5.74, 6) is 0. The van der Waals surface area contributed by atoms with Gasteiger partial charge in [0.15, 0.2) is 9.84 Å². The fraction of sp³-hybridized carbons (Fsp3) is 0.200. The van der Waals surface area contributed by atoms with Crippen molar-refractivity contribution in [1.29, 1.82) is 0 Å². The van der Waals surface area contributed by atoms with E-state index in [1.807, 2.05) is 53.8 Å². The van der Waals surface area contributed by atoms with E-state index in [4.69, 9.17) is 0 Å². The van der Waals surface area contributed by atoms with Crippen molar-refractivity contribution in [3.8, 4) is 0 Å². The highest BCUT2D eigenvalue weighted by atomic mass is 127. The van der Waals surface area contributed by atoms with E-state index in [0.29, 0.717) is 0 Å². The van der Waals surface area contributed by atoms with E-state index in [2.05, 4.69) is 0 Å². The summed E-state index contributed by atoms with van der Waals surface area (Å²) in [7, 11) is -3.05. The fourth-order valence-corrected chi connectivity index (χ4v) is 3.23. The van der Waals surface area contributed by atoms with Gasteiger partial charge < -0.3 is 0 Å². The molecule has 2 nitrogen and oxygen atoms in total. The molecular weight excluding hydrogens is 311 g/mol. The van der Waals surface area contributed by atoms with Gasteiger partial charge in [-0.3, -0.25) is 0 Å². The molecule has 0 heterocycles. The van der Waals surface area contributed by atoms with E-state index >= 15 is 0 Å². The number of benzene rings is 1. The Hall–Kier alpha value is -0.360. The van der Waals surface area contributed by atoms with Crippen molar-refractivity contribution >= 4 is 36.0 Å². The predicted molar refractivity (Wildman–Crippen MR) is 68.0 cm³/mol. The first-order valence-corrected chi connectivity index (χ1v) is 7.06. The van der Waals surface area contributed by atoms with Crippen LogP contribution in [0.15, 0.2) is 29.7 Å². The minimum atomic E-state index is -3.05. The molecule has 0 fully saturated rings. The van der Waals surface area contributed by atoms with Crippen LogP contribution in [0.4, 0.5) is 0 Å². The molecule has 1 aromatic carbocycles. The van der Waals surface area contributed by atoms with Crippen LogP contribution in [0.1, 0.15) is 11.1 Å². The maximum absolute atomic E-state index is 11.0. The van der Waals surface area contributed by atoms with Crippen LogP contribution in [-0.2, 0) is 9.84 Å². The SMILES string of the molecule is Cc1ccc(/C(I)=C\S(C)(=O)=O)cc1. The van der Waals surface area contributed by atoms with Crippen molar-refractivity contribution < 1.29 is 8.42 Å². The van der Waals surface area contributed by atoms with Crippen molar-refractivity contribution in [3.63, 3.8) is 0 Å². The molecule has 0 atom stereocenters. The van der Waals surface area contributed by atoms with Crippen molar-refractivity contribution in [2.75, 3.05) is 6.26 Å². The highest BCUT2D eigenvalue weighted by molar-refractivity contribution is 14.1. The summed E-state index contributed by atoms with van der Waals surface area (Å²) in [4.78, 5) is 0. The van der Waals surface area contributed by atoms with Crippen LogP contribution in [0.2, 0.25) is 0 Å². The first-order chi connectivity index (χ1) is 6.38. The maximum atomic E-state index is 11.0. The molecule has 76 valence electrons. The molecule has 14 heavy (non-hydrogen) atoms. The lowest BCUT2D eigenvalue weighted by Crippen LogP contribution is -1.89. The second kappa shape index (κ2) is 4.44. The second-order valence-electron chi connectivity index (χ2n) is 3.16. The third-order valence-corrected chi connectivity index (χ3v) is 3.67. The molecule has 0 aliphatic heterocycles. The minimum Gasteiger partial charge on any atom is -0.225 e. The highest BCUT2D eigenvalue weighted by Gasteiger charge is 2.01. The van der Waals surface area contributed by atoms with E-state index < -0.39 is 9.84 Å². The Kier molecular flexibility index (Phi) is 3.71. The van der Waals surface area contributed by atoms with Crippen LogP contribution in [0.3, 0.4) is 0 Å². The van der Waals surface area contributed by atoms with E-state index in [-0.39, 0.29) is 0 Å². The average molecular weight is 322 g/mol. The summed E-state index contributed by atoms with van der Waals surface area (Å²) >= 11 is 2.03. The van der Waals surface area contributed by atoms with E-state index in [9.17, 15) is 8.42 Å². The number of halogens is 1. The third-order valence-electron chi connectivity index (χ3n) is 1.64.